The molecule has 1 fully saturated rings. The normalized spacial score (nSPS) is 17.4. The van der Waals surface area contributed by atoms with Gasteiger partial charge in [0.15, 0.2) is 0 Å². The van der Waals surface area contributed by atoms with Crippen LogP contribution in [0.15, 0.2) is 24.3 Å². The molecule has 0 spiro atoms. The molecule has 12 heavy (non-hydrogen) atoms. The second kappa shape index (κ2) is 3.63. The van der Waals surface area contributed by atoms with Gasteiger partial charge in [0.1, 0.15) is 0 Å². The van der Waals surface area contributed by atoms with E-state index < -0.39 is 0 Å². The van der Waals surface area contributed by atoms with Gasteiger partial charge >= 0.3 is 0 Å². The Bertz CT molecular complexity index is 251. The van der Waals surface area contributed by atoms with Crippen molar-refractivity contribution in [1.82, 2.24) is 0 Å². The number of benzene rings is 1. The molecule has 0 bridgehead atoms. The van der Waals surface area contributed by atoms with Crippen LogP contribution in [0, 0.1) is 0 Å². The van der Waals surface area contributed by atoms with Crippen LogP contribution in [0.25, 0.3) is 0 Å². The molecule has 0 aliphatic carbocycles. The molecule has 1 aromatic rings. The summed E-state index contributed by atoms with van der Waals surface area (Å²) in [6.07, 6.45) is 1.47. The predicted molar refractivity (Wildman–Crippen MR) is 55.1 cm³/mol. The highest BCUT2D eigenvalue weighted by atomic mass is 35.5. The van der Waals surface area contributed by atoms with Crippen molar-refractivity contribution in [2.24, 2.45) is 0 Å². The van der Waals surface area contributed by atoms with Crippen LogP contribution in [0.5, 0.6) is 0 Å². The van der Waals surface area contributed by atoms with Crippen molar-refractivity contribution in [2.75, 3.05) is 0 Å². The Hall–Kier alpha value is -0.273. The van der Waals surface area contributed by atoms with Crippen LogP contribution in [0.3, 0.4) is 0 Å². The summed E-state index contributed by atoms with van der Waals surface area (Å²) >= 11 is 5.80. The Balaban J connectivity index is 1.98. The lowest BCUT2D eigenvalue weighted by molar-refractivity contribution is 0.919. The Labute approximate surface area is 80.2 Å². The summed E-state index contributed by atoms with van der Waals surface area (Å²) < 4.78 is 0. The van der Waals surface area contributed by atoms with Crippen LogP contribution in [0.4, 0.5) is 0 Å². The zero-order valence-electron chi connectivity index (χ0n) is 7.02. The molecule has 63 valence electrons. The summed E-state index contributed by atoms with van der Waals surface area (Å²) in [6, 6.07) is 12.7. The van der Waals surface area contributed by atoms with Crippen molar-refractivity contribution in [3.63, 3.8) is 0 Å². The highest BCUT2D eigenvalue weighted by molar-refractivity contribution is 6.61. The highest BCUT2D eigenvalue weighted by Gasteiger charge is 2.19. The topological polar surface area (TPSA) is 0 Å². The zero-order chi connectivity index (χ0) is 8.39. The van der Waals surface area contributed by atoms with Crippen LogP contribution in [0.1, 0.15) is 12.0 Å². The van der Waals surface area contributed by atoms with Crippen molar-refractivity contribution < 1.29 is 0 Å². The molecule has 0 amide bonds. The lowest BCUT2D eigenvalue weighted by Crippen LogP contribution is -2.24. The maximum absolute atomic E-state index is 5.80. The van der Waals surface area contributed by atoms with Crippen LogP contribution in [-0.2, 0) is 6.04 Å². The molecule has 0 aromatic heterocycles. The van der Waals surface area contributed by atoms with Gasteiger partial charge in [-0.1, -0.05) is 47.8 Å². The van der Waals surface area contributed by atoms with E-state index in [2.05, 4.69) is 12.1 Å². The average Bonchev–Trinajstić information content (AvgIpc) is 2.00. The van der Waals surface area contributed by atoms with Crippen LogP contribution in [-0.4, -0.2) is 8.80 Å². The fourth-order valence-corrected chi connectivity index (χ4v) is 3.64. The van der Waals surface area contributed by atoms with Gasteiger partial charge in [-0.3, -0.25) is 0 Å². The maximum atomic E-state index is 5.80. The van der Waals surface area contributed by atoms with Crippen LogP contribution in [0.2, 0.25) is 17.1 Å². The molecule has 2 rings (SSSR count). The van der Waals surface area contributed by atoms with Crippen LogP contribution < -0.4 is 0 Å². The fourth-order valence-electron chi connectivity index (χ4n) is 1.49. The summed E-state index contributed by atoms with van der Waals surface area (Å²) in [6.45, 7) is 0. The van der Waals surface area contributed by atoms with Crippen molar-refractivity contribution in [3.05, 3.63) is 34.9 Å². The Morgan fingerprint density at radius 3 is 2.33 bits per heavy atom. The van der Waals surface area contributed by atoms with Gasteiger partial charge in [0, 0.05) is 5.02 Å². The van der Waals surface area contributed by atoms with Gasteiger partial charge in [-0.25, -0.2) is 0 Å². The van der Waals surface area contributed by atoms with Crippen molar-refractivity contribution in [2.45, 2.75) is 24.6 Å². The molecule has 0 saturated carbocycles. The van der Waals surface area contributed by atoms with E-state index in [0.29, 0.717) is 0 Å². The standard InChI is InChI=1S/C10H12ClSi/c11-10-4-2-9(3-5-10)8-12-6-1-7-12/h2-5H,1,6-8H2. The average molecular weight is 196 g/mol. The molecule has 1 heterocycles. The number of halogens is 1. The van der Waals surface area contributed by atoms with Gasteiger partial charge in [0.2, 0.25) is 0 Å². The minimum atomic E-state index is 0.0435. The number of hydrogen-bond acceptors (Lipinski definition) is 0. The molecule has 2 heteroatoms. The first-order chi connectivity index (χ1) is 5.84. The van der Waals surface area contributed by atoms with Gasteiger partial charge in [-0.15, -0.1) is 0 Å². The van der Waals surface area contributed by atoms with Gasteiger partial charge in [-0.2, -0.15) is 0 Å². The largest absolute Gasteiger partial charge is 0.0843 e. The minimum Gasteiger partial charge on any atom is -0.0843 e. The molecule has 0 atom stereocenters. The number of rotatable bonds is 2. The van der Waals surface area contributed by atoms with Gasteiger partial charge in [0.05, 0.1) is 8.80 Å². The van der Waals surface area contributed by atoms with Gasteiger partial charge in [-0.05, 0) is 18.2 Å². The first-order valence-corrected chi connectivity index (χ1v) is 6.92. The SMILES string of the molecule is Clc1ccc(C[Si]2CCC2)cc1. The van der Waals surface area contributed by atoms with Crippen molar-refractivity contribution in [3.8, 4) is 0 Å². The Morgan fingerprint density at radius 2 is 1.83 bits per heavy atom. The maximum Gasteiger partial charge on any atom is 0.0525 e. The monoisotopic (exact) mass is 195 g/mol. The molecular formula is C10H12ClSi. The van der Waals surface area contributed by atoms with Crippen molar-refractivity contribution >= 4 is 20.4 Å². The van der Waals surface area contributed by atoms with E-state index in [-0.39, 0.29) is 8.80 Å². The molecule has 0 N–H and O–H groups in total. The summed E-state index contributed by atoms with van der Waals surface area (Å²) in [5, 5.41) is 0.851. The molecule has 0 unspecified atom stereocenters. The summed E-state index contributed by atoms with van der Waals surface area (Å²) in [5.74, 6) is 0. The highest BCUT2D eigenvalue weighted by Crippen LogP contribution is 2.23. The van der Waals surface area contributed by atoms with E-state index in [1.807, 2.05) is 12.1 Å². The molecule has 1 aliphatic heterocycles. The molecule has 1 radical (unpaired) electrons. The van der Waals surface area contributed by atoms with E-state index in [1.165, 1.54) is 30.1 Å². The van der Waals surface area contributed by atoms with E-state index in [1.54, 1.807) is 0 Å². The van der Waals surface area contributed by atoms with E-state index in [9.17, 15) is 0 Å². The van der Waals surface area contributed by atoms with E-state index >= 15 is 0 Å². The zero-order valence-corrected chi connectivity index (χ0v) is 8.77. The number of hydrogen-bond donors (Lipinski definition) is 0. The summed E-state index contributed by atoms with van der Waals surface area (Å²) in [5.41, 5.74) is 1.48. The molecule has 1 aromatic carbocycles. The van der Waals surface area contributed by atoms with Gasteiger partial charge in [0.25, 0.3) is 0 Å². The second-order valence-electron chi connectivity index (χ2n) is 3.41. The third-order valence-electron chi connectivity index (χ3n) is 2.43. The van der Waals surface area contributed by atoms with E-state index in [4.69, 9.17) is 11.6 Å². The first kappa shape index (κ1) is 8.33. The smallest absolute Gasteiger partial charge is 0.0525 e. The molecule has 1 saturated heterocycles. The summed E-state index contributed by atoms with van der Waals surface area (Å²) in [4.78, 5) is 0. The van der Waals surface area contributed by atoms with Crippen molar-refractivity contribution in [1.29, 1.82) is 0 Å². The van der Waals surface area contributed by atoms with Crippen LogP contribution >= 0.6 is 11.6 Å². The summed E-state index contributed by atoms with van der Waals surface area (Å²) in [7, 11) is 0.0435. The van der Waals surface area contributed by atoms with Gasteiger partial charge < -0.3 is 0 Å². The minimum absolute atomic E-state index is 0.0435. The molecule has 1 aliphatic rings. The molecular weight excluding hydrogens is 184 g/mol. The fraction of sp³-hybridized carbons (Fsp3) is 0.400. The van der Waals surface area contributed by atoms with E-state index in [0.717, 1.165) is 5.02 Å². The predicted octanol–water partition coefficient (Wildman–Crippen LogP) is 3.32. The lowest BCUT2D eigenvalue weighted by atomic mass is 10.2. The Morgan fingerprint density at radius 1 is 1.17 bits per heavy atom. The second-order valence-corrected chi connectivity index (χ2v) is 6.70. The quantitative estimate of drug-likeness (QED) is 0.636. The first-order valence-electron chi connectivity index (χ1n) is 4.42. The Kier molecular flexibility index (Phi) is 2.52. The lowest BCUT2D eigenvalue weighted by Gasteiger charge is -2.23. The third kappa shape index (κ3) is 1.90. The third-order valence-corrected chi connectivity index (χ3v) is 5.71. The molecule has 0 nitrogen and oxygen atoms in total.